The number of ether oxygens (including phenoxy) is 2. The van der Waals surface area contributed by atoms with E-state index >= 15 is 0 Å². The van der Waals surface area contributed by atoms with Gasteiger partial charge in [0.1, 0.15) is 11.6 Å². The Labute approximate surface area is 179 Å². The lowest BCUT2D eigenvalue weighted by molar-refractivity contribution is 0.0597. The van der Waals surface area contributed by atoms with Crippen molar-refractivity contribution in [1.82, 2.24) is 19.8 Å². The first-order valence-electron chi connectivity index (χ1n) is 10.3. The summed E-state index contributed by atoms with van der Waals surface area (Å²) in [6.07, 6.45) is 0. The van der Waals surface area contributed by atoms with Crippen LogP contribution < -0.4 is 9.47 Å². The smallest absolute Gasteiger partial charge is 0.289 e. The number of para-hydroxylation sites is 1. The lowest BCUT2D eigenvalue weighted by Gasteiger charge is -2.33. The minimum absolute atomic E-state index is 0.0891. The van der Waals surface area contributed by atoms with Crippen LogP contribution in [0.2, 0.25) is 0 Å². The van der Waals surface area contributed by atoms with Gasteiger partial charge in [0.25, 0.3) is 5.91 Å². The highest BCUT2D eigenvalue weighted by Gasteiger charge is 2.25. The van der Waals surface area contributed by atoms with Gasteiger partial charge in [-0.15, -0.1) is 0 Å². The number of hydrogen-bond donors (Lipinski definition) is 1. The van der Waals surface area contributed by atoms with Crippen LogP contribution in [0, 0.1) is 0 Å². The van der Waals surface area contributed by atoms with Gasteiger partial charge in [-0.25, -0.2) is 4.98 Å². The molecule has 1 N–H and O–H groups in total. The lowest BCUT2D eigenvalue weighted by atomic mass is 10.2. The molecule has 2 aromatic carbocycles. The number of nitrogens with one attached hydrogen (secondary N) is 1. The van der Waals surface area contributed by atoms with Crippen molar-refractivity contribution in [1.29, 1.82) is 0 Å². The van der Waals surface area contributed by atoms with Crippen molar-refractivity contribution in [2.75, 3.05) is 40.4 Å². The maximum atomic E-state index is 13.0. The van der Waals surface area contributed by atoms with Crippen molar-refractivity contribution in [3.05, 3.63) is 54.0 Å². The number of piperazine rings is 1. The van der Waals surface area contributed by atoms with E-state index in [2.05, 4.69) is 14.9 Å². The Balaban J connectivity index is 1.23. The standard InChI is InChI=1S/C23H24N4O4/c1-29-16-6-7-17-18(13-16)25-21(24-17)14-26-8-10-27(11-9-26)23(28)20-12-15-4-3-5-19(30-2)22(15)31-20/h3-7,12-13H,8-11,14H2,1-2H3,(H,24,25). The second-order valence-electron chi connectivity index (χ2n) is 7.62. The number of nitrogens with zero attached hydrogens (tertiary/aromatic N) is 3. The molecule has 0 bridgehead atoms. The van der Waals surface area contributed by atoms with Crippen LogP contribution in [0.25, 0.3) is 22.0 Å². The fourth-order valence-electron chi connectivity index (χ4n) is 4.02. The molecule has 0 saturated carbocycles. The molecule has 4 aromatic rings. The number of carbonyl (C=O) groups is 1. The second kappa shape index (κ2) is 7.96. The molecular formula is C23H24N4O4. The molecule has 160 valence electrons. The number of imidazole rings is 1. The summed E-state index contributed by atoms with van der Waals surface area (Å²) in [6, 6.07) is 13.2. The minimum Gasteiger partial charge on any atom is -0.497 e. The Hall–Kier alpha value is -3.52. The first kappa shape index (κ1) is 19.4. The van der Waals surface area contributed by atoms with Gasteiger partial charge in [0.2, 0.25) is 0 Å². The van der Waals surface area contributed by atoms with Crippen molar-refractivity contribution in [2.45, 2.75) is 6.54 Å². The number of carbonyl (C=O) groups excluding carboxylic acids is 1. The minimum atomic E-state index is -0.0891. The number of aromatic amines is 1. The van der Waals surface area contributed by atoms with Gasteiger partial charge in [-0.2, -0.15) is 0 Å². The van der Waals surface area contributed by atoms with Crippen molar-refractivity contribution >= 4 is 27.9 Å². The van der Waals surface area contributed by atoms with E-state index < -0.39 is 0 Å². The first-order valence-corrected chi connectivity index (χ1v) is 10.3. The second-order valence-corrected chi connectivity index (χ2v) is 7.62. The summed E-state index contributed by atoms with van der Waals surface area (Å²) >= 11 is 0. The third-order valence-corrected chi connectivity index (χ3v) is 5.71. The Morgan fingerprint density at radius 2 is 1.94 bits per heavy atom. The van der Waals surface area contributed by atoms with Crippen LogP contribution in [0.1, 0.15) is 16.4 Å². The Morgan fingerprint density at radius 1 is 1.10 bits per heavy atom. The molecule has 3 heterocycles. The number of rotatable bonds is 5. The molecule has 1 aliphatic heterocycles. The third-order valence-electron chi connectivity index (χ3n) is 5.71. The highest BCUT2D eigenvalue weighted by molar-refractivity contribution is 5.97. The van der Waals surface area contributed by atoms with Crippen LogP contribution in [0.5, 0.6) is 11.5 Å². The molecule has 5 rings (SSSR count). The SMILES string of the molecule is COc1ccc2nc(CN3CCN(C(=O)c4cc5cccc(OC)c5o4)CC3)[nH]c2c1. The van der Waals surface area contributed by atoms with E-state index in [4.69, 9.17) is 13.9 Å². The van der Waals surface area contributed by atoms with Crippen molar-refractivity contribution < 1.29 is 18.7 Å². The number of aromatic nitrogens is 2. The van der Waals surface area contributed by atoms with Gasteiger partial charge in [0, 0.05) is 37.6 Å². The predicted molar refractivity (Wildman–Crippen MR) is 117 cm³/mol. The van der Waals surface area contributed by atoms with E-state index in [0.29, 0.717) is 36.7 Å². The summed E-state index contributed by atoms with van der Waals surface area (Å²) in [4.78, 5) is 25.1. The molecular weight excluding hydrogens is 396 g/mol. The predicted octanol–water partition coefficient (Wildman–Crippen LogP) is 3.28. The first-order chi connectivity index (χ1) is 15.1. The van der Waals surface area contributed by atoms with E-state index in [1.165, 1.54) is 0 Å². The number of fused-ring (bicyclic) bond motifs is 2. The molecule has 0 radical (unpaired) electrons. The van der Waals surface area contributed by atoms with Gasteiger partial charge >= 0.3 is 0 Å². The largest absolute Gasteiger partial charge is 0.497 e. The summed E-state index contributed by atoms with van der Waals surface area (Å²) < 4.78 is 16.4. The average Bonchev–Trinajstić information content (AvgIpc) is 3.42. The normalized spacial score (nSPS) is 15.0. The maximum Gasteiger partial charge on any atom is 0.289 e. The van der Waals surface area contributed by atoms with Gasteiger partial charge in [-0.05, 0) is 24.3 Å². The number of H-pyrrole nitrogens is 1. The molecule has 1 amide bonds. The zero-order valence-corrected chi connectivity index (χ0v) is 17.6. The summed E-state index contributed by atoms with van der Waals surface area (Å²) in [5.74, 6) is 2.60. The number of furan rings is 1. The average molecular weight is 420 g/mol. The molecule has 1 aliphatic rings. The molecule has 0 spiro atoms. The molecule has 1 fully saturated rings. The van der Waals surface area contributed by atoms with Crippen LogP contribution in [0.3, 0.4) is 0 Å². The van der Waals surface area contributed by atoms with Crippen molar-refractivity contribution in [2.24, 2.45) is 0 Å². The molecule has 0 atom stereocenters. The molecule has 2 aromatic heterocycles. The summed E-state index contributed by atoms with van der Waals surface area (Å²) in [7, 11) is 3.25. The van der Waals surface area contributed by atoms with Gasteiger partial charge in [-0.1, -0.05) is 12.1 Å². The van der Waals surface area contributed by atoms with Gasteiger partial charge in [0.05, 0.1) is 31.8 Å². The van der Waals surface area contributed by atoms with Gasteiger partial charge < -0.3 is 23.8 Å². The van der Waals surface area contributed by atoms with E-state index in [1.54, 1.807) is 20.3 Å². The van der Waals surface area contributed by atoms with E-state index in [1.807, 2.05) is 41.3 Å². The molecule has 8 heteroatoms. The highest BCUT2D eigenvalue weighted by atomic mass is 16.5. The zero-order chi connectivity index (χ0) is 21.4. The lowest BCUT2D eigenvalue weighted by Crippen LogP contribution is -2.48. The third kappa shape index (κ3) is 3.70. The molecule has 0 unspecified atom stereocenters. The molecule has 31 heavy (non-hydrogen) atoms. The summed E-state index contributed by atoms with van der Waals surface area (Å²) in [5, 5.41) is 0.864. The molecule has 1 saturated heterocycles. The number of hydrogen-bond acceptors (Lipinski definition) is 6. The van der Waals surface area contributed by atoms with E-state index in [-0.39, 0.29) is 5.91 Å². The van der Waals surface area contributed by atoms with Crippen LogP contribution in [0.4, 0.5) is 0 Å². The van der Waals surface area contributed by atoms with Crippen molar-refractivity contribution in [3.8, 4) is 11.5 Å². The monoisotopic (exact) mass is 420 g/mol. The van der Waals surface area contributed by atoms with Crippen LogP contribution >= 0.6 is 0 Å². The van der Waals surface area contributed by atoms with Crippen LogP contribution in [0.15, 0.2) is 46.9 Å². The Kier molecular flexibility index (Phi) is 4.99. The van der Waals surface area contributed by atoms with Gasteiger partial charge in [0.15, 0.2) is 17.1 Å². The van der Waals surface area contributed by atoms with Crippen molar-refractivity contribution in [3.63, 3.8) is 0 Å². The number of amides is 1. The fourth-order valence-corrected chi connectivity index (χ4v) is 4.02. The Morgan fingerprint density at radius 3 is 2.71 bits per heavy atom. The zero-order valence-electron chi connectivity index (χ0n) is 17.6. The molecule has 0 aliphatic carbocycles. The molecule has 8 nitrogen and oxygen atoms in total. The fraction of sp³-hybridized carbons (Fsp3) is 0.304. The van der Waals surface area contributed by atoms with E-state index in [0.717, 1.165) is 41.1 Å². The summed E-state index contributed by atoms with van der Waals surface area (Å²) in [5.41, 5.74) is 2.49. The number of methoxy groups -OCH3 is 2. The topological polar surface area (TPSA) is 83.8 Å². The van der Waals surface area contributed by atoms with Gasteiger partial charge in [-0.3, -0.25) is 9.69 Å². The highest BCUT2D eigenvalue weighted by Crippen LogP contribution is 2.29. The number of benzene rings is 2. The maximum absolute atomic E-state index is 13.0. The van der Waals surface area contributed by atoms with E-state index in [9.17, 15) is 4.79 Å². The van der Waals surface area contributed by atoms with Crippen LogP contribution in [-0.4, -0.2) is 66.1 Å². The Bertz CT molecular complexity index is 1240. The quantitative estimate of drug-likeness (QED) is 0.533. The summed E-state index contributed by atoms with van der Waals surface area (Å²) in [6.45, 7) is 3.54. The van der Waals surface area contributed by atoms with Crippen LogP contribution in [-0.2, 0) is 6.54 Å².